The molecule has 1 aromatic carbocycles. The van der Waals surface area contributed by atoms with Crippen LogP contribution in [0.5, 0.6) is 0 Å². The van der Waals surface area contributed by atoms with Crippen LogP contribution in [0.1, 0.15) is 49.8 Å². The van der Waals surface area contributed by atoms with Crippen molar-refractivity contribution in [2.75, 3.05) is 6.54 Å². The molecule has 0 bridgehead atoms. The summed E-state index contributed by atoms with van der Waals surface area (Å²) in [5.74, 6) is 0. The second-order valence-corrected chi connectivity index (χ2v) is 7.23. The van der Waals surface area contributed by atoms with Gasteiger partial charge >= 0.3 is 0 Å². The predicted molar refractivity (Wildman–Crippen MR) is 108 cm³/mol. The number of fused-ring (bicyclic) bond motifs is 1. The highest BCUT2D eigenvalue weighted by molar-refractivity contribution is 5.87. The second kappa shape index (κ2) is 7.92. The lowest BCUT2D eigenvalue weighted by molar-refractivity contribution is 0.164. The third-order valence-electron chi connectivity index (χ3n) is 5.60. The van der Waals surface area contributed by atoms with Crippen LogP contribution >= 0.6 is 0 Å². The van der Waals surface area contributed by atoms with E-state index < -0.39 is 0 Å². The zero-order valence-corrected chi connectivity index (χ0v) is 15.8. The Labute approximate surface area is 151 Å². The van der Waals surface area contributed by atoms with Crippen LogP contribution in [0.15, 0.2) is 42.3 Å². The third kappa shape index (κ3) is 3.67. The van der Waals surface area contributed by atoms with E-state index in [-0.39, 0.29) is 0 Å². The van der Waals surface area contributed by atoms with Crippen LogP contribution in [-0.2, 0) is 13.0 Å². The number of rotatable bonds is 5. The molecule has 1 fully saturated rings. The maximum absolute atomic E-state index is 5.52. The number of nitrogens with one attached hydrogen (secondary N) is 1. The van der Waals surface area contributed by atoms with E-state index in [4.69, 9.17) is 5.73 Å². The summed E-state index contributed by atoms with van der Waals surface area (Å²) in [6, 6.07) is 5.13. The average Bonchev–Trinajstić information content (AvgIpc) is 3.12. The zero-order chi connectivity index (χ0) is 17.8. The Morgan fingerprint density at radius 1 is 1.40 bits per heavy atom. The molecule has 0 saturated carbocycles. The lowest BCUT2D eigenvalue weighted by atomic mass is 9.92. The van der Waals surface area contributed by atoms with Crippen LogP contribution in [0.4, 0.5) is 0 Å². The number of hydrogen-bond donors (Lipinski definition) is 2. The number of likely N-dealkylation sites (tertiary alicyclic amines) is 1. The molecular formula is C22H31N3. The Balaban J connectivity index is 1.96. The first-order valence-corrected chi connectivity index (χ1v) is 9.53. The van der Waals surface area contributed by atoms with Gasteiger partial charge in [-0.3, -0.25) is 4.90 Å². The van der Waals surface area contributed by atoms with Crippen molar-refractivity contribution < 1.29 is 0 Å². The SMILES string of the molecule is CCc1cc(C)c2[nH]ccc2c1CN1CCCCC1/C(C)=C/C=C\N. The van der Waals surface area contributed by atoms with Gasteiger partial charge in [-0.05, 0) is 74.7 Å². The highest BCUT2D eigenvalue weighted by atomic mass is 15.2. The number of nitrogens with zero attached hydrogens (tertiary/aromatic N) is 1. The quantitative estimate of drug-likeness (QED) is 0.769. The molecule has 2 heterocycles. The van der Waals surface area contributed by atoms with Gasteiger partial charge in [0.15, 0.2) is 0 Å². The lowest BCUT2D eigenvalue weighted by Gasteiger charge is -2.37. The van der Waals surface area contributed by atoms with Gasteiger partial charge in [0, 0.05) is 29.7 Å². The Bertz CT molecular complexity index is 782. The van der Waals surface area contributed by atoms with E-state index in [1.807, 2.05) is 6.08 Å². The topological polar surface area (TPSA) is 45.0 Å². The van der Waals surface area contributed by atoms with Gasteiger partial charge in [0.1, 0.15) is 0 Å². The van der Waals surface area contributed by atoms with E-state index in [9.17, 15) is 0 Å². The minimum atomic E-state index is 0.518. The van der Waals surface area contributed by atoms with Crippen molar-refractivity contribution in [3.8, 4) is 0 Å². The predicted octanol–water partition coefficient (Wildman–Crippen LogP) is 4.81. The van der Waals surface area contributed by atoms with Crippen LogP contribution in [-0.4, -0.2) is 22.5 Å². The summed E-state index contributed by atoms with van der Waals surface area (Å²) in [5.41, 5.74) is 12.6. The van der Waals surface area contributed by atoms with E-state index in [1.165, 1.54) is 59.0 Å². The zero-order valence-electron chi connectivity index (χ0n) is 15.8. The summed E-state index contributed by atoms with van der Waals surface area (Å²) >= 11 is 0. The number of aryl methyl sites for hydroxylation is 2. The molecule has 0 amide bonds. The Morgan fingerprint density at radius 2 is 2.24 bits per heavy atom. The molecule has 1 aliphatic rings. The van der Waals surface area contributed by atoms with Crippen LogP contribution in [0.2, 0.25) is 0 Å². The number of H-pyrrole nitrogens is 1. The number of piperidine rings is 1. The van der Waals surface area contributed by atoms with E-state index >= 15 is 0 Å². The maximum Gasteiger partial charge on any atom is 0.0487 e. The van der Waals surface area contributed by atoms with Gasteiger partial charge in [0.2, 0.25) is 0 Å². The molecule has 1 aromatic heterocycles. The van der Waals surface area contributed by atoms with Crippen LogP contribution < -0.4 is 5.73 Å². The molecule has 1 atom stereocenters. The van der Waals surface area contributed by atoms with E-state index in [1.54, 1.807) is 6.20 Å². The van der Waals surface area contributed by atoms with Crippen molar-refractivity contribution in [1.29, 1.82) is 0 Å². The number of nitrogens with two attached hydrogens (primary N) is 1. The smallest absolute Gasteiger partial charge is 0.0487 e. The fraction of sp³-hybridized carbons (Fsp3) is 0.455. The number of aromatic nitrogens is 1. The molecule has 3 N–H and O–H groups in total. The Kier molecular flexibility index (Phi) is 5.64. The van der Waals surface area contributed by atoms with Gasteiger partial charge < -0.3 is 10.7 Å². The molecular weight excluding hydrogens is 306 g/mol. The van der Waals surface area contributed by atoms with Gasteiger partial charge in [0.25, 0.3) is 0 Å². The summed E-state index contributed by atoms with van der Waals surface area (Å²) in [5, 5.41) is 1.39. The van der Waals surface area contributed by atoms with Crippen LogP contribution in [0.25, 0.3) is 10.9 Å². The van der Waals surface area contributed by atoms with Crippen LogP contribution in [0.3, 0.4) is 0 Å². The van der Waals surface area contributed by atoms with Crippen molar-refractivity contribution >= 4 is 10.9 Å². The molecule has 25 heavy (non-hydrogen) atoms. The normalized spacial score (nSPS) is 20.0. The van der Waals surface area contributed by atoms with E-state index in [0.717, 1.165) is 13.0 Å². The first-order chi connectivity index (χ1) is 12.2. The van der Waals surface area contributed by atoms with Gasteiger partial charge in [-0.15, -0.1) is 0 Å². The molecule has 0 radical (unpaired) electrons. The third-order valence-corrected chi connectivity index (χ3v) is 5.60. The molecule has 3 heteroatoms. The Morgan fingerprint density at radius 3 is 3.00 bits per heavy atom. The average molecular weight is 338 g/mol. The summed E-state index contributed by atoms with van der Waals surface area (Å²) in [6.45, 7) is 8.91. The van der Waals surface area contributed by atoms with Crippen LogP contribution in [0, 0.1) is 6.92 Å². The molecule has 3 rings (SSSR count). The molecule has 0 spiro atoms. The highest BCUT2D eigenvalue weighted by Crippen LogP contribution is 2.30. The molecule has 0 aliphatic carbocycles. The molecule has 134 valence electrons. The number of benzene rings is 1. The number of hydrogen-bond acceptors (Lipinski definition) is 2. The first kappa shape index (κ1) is 17.8. The summed E-state index contributed by atoms with van der Waals surface area (Å²) in [6.07, 6.45) is 12.7. The molecule has 3 nitrogen and oxygen atoms in total. The molecule has 1 saturated heterocycles. The number of aromatic amines is 1. The Hall–Kier alpha value is -2.00. The molecule has 1 unspecified atom stereocenters. The standard InChI is InChI=1S/C22H31N3/c1-4-18-14-17(3)22-19(10-12-24-22)20(18)15-25-13-6-5-9-21(25)16(2)8-7-11-23/h7-8,10-12,14,21,24H,4-6,9,13,15,23H2,1-3H3/b11-7-,16-8+. The van der Waals surface area contributed by atoms with Crippen molar-refractivity contribution in [2.24, 2.45) is 5.73 Å². The largest absolute Gasteiger partial charge is 0.405 e. The van der Waals surface area contributed by atoms with Gasteiger partial charge in [0.05, 0.1) is 0 Å². The van der Waals surface area contributed by atoms with Crippen molar-refractivity contribution in [1.82, 2.24) is 9.88 Å². The van der Waals surface area contributed by atoms with Gasteiger partial charge in [-0.25, -0.2) is 0 Å². The first-order valence-electron chi connectivity index (χ1n) is 9.53. The molecule has 2 aromatic rings. The summed E-state index contributed by atoms with van der Waals surface area (Å²) < 4.78 is 0. The summed E-state index contributed by atoms with van der Waals surface area (Å²) in [4.78, 5) is 6.09. The fourth-order valence-electron chi connectivity index (χ4n) is 4.26. The second-order valence-electron chi connectivity index (χ2n) is 7.23. The monoisotopic (exact) mass is 337 g/mol. The summed E-state index contributed by atoms with van der Waals surface area (Å²) in [7, 11) is 0. The molecule has 1 aliphatic heterocycles. The minimum absolute atomic E-state index is 0.518. The minimum Gasteiger partial charge on any atom is -0.405 e. The fourth-order valence-corrected chi connectivity index (χ4v) is 4.26. The van der Waals surface area contributed by atoms with Crippen molar-refractivity contribution in [3.63, 3.8) is 0 Å². The lowest BCUT2D eigenvalue weighted by Crippen LogP contribution is -2.39. The van der Waals surface area contributed by atoms with E-state index in [2.05, 4.69) is 55.1 Å². The maximum atomic E-state index is 5.52. The van der Waals surface area contributed by atoms with Crippen molar-refractivity contribution in [3.05, 3.63) is 58.9 Å². The van der Waals surface area contributed by atoms with Gasteiger partial charge in [-0.2, -0.15) is 0 Å². The van der Waals surface area contributed by atoms with Gasteiger partial charge in [-0.1, -0.05) is 31.1 Å². The number of allylic oxidation sites excluding steroid dienone is 2. The highest BCUT2D eigenvalue weighted by Gasteiger charge is 2.25. The van der Waals surface area contributed by atoms with E-state index in [0.29, 0.717) is 6.04 Å². The van der Waals surface area contributed by atoms with Crippen molar-refractivity contribution in [2.45, 2.75) is 59.0 Å².